The van der Waals surface area contributed by atoms with Gasteiger partial charge in [-0.3, -0.25) is 24.6 Å². The Morgan fingerprint density at radius 3 is 2.43 bits per heavy atom. The minimum absolute atomic E-state index is 0.404. The first kappa shape index (κ1) is 18.4. The number of nitrogens with zero attached hydrogens (tertiary/aromatic N) is 1. The Labute approximate surface area is 132 Å². The zero-order valence-corrected chi connectivity index (χ0v) is 13.2. The number of carbonyl (C=O) groups excluding carboxylic acids is 5. The molecule has 1 aliphatic rings. The van der Waals surface area contributed by atoms with Crippen molar-refractivity contribution in [3.05, 3.63) is 0 Å². The standard InChI is InChI=1S/C13H20N4O6/c1-4-5-14-11(21)15-8(18)7-23-9(19)6-17-10(20)13(2,3)16-12(17)22/h4-7H2,1-3H3,(H,16,22)(H2,14,15,18,21). The Morgan fingerprint density at radius 1 is 1.26 bits per heavy atom. The van der Waals surface area contributed by atoms with Crippen LogP contribution in [0.1, 0.15) is 27.2 Å². The second kappa shape index (κ2) is 7.56. The van der Waals surface area contributed by atoms with Crippen molar-refractivity contribution in [3.8, 4) is 0 Å². The number of hydrogen-bond acceptors (Lipinski definition) is 6. The van der Waals surface area contributed by atoms with Crippen LogP contribution in [0.3, 0.4) is 0 Å². The molecule has 0 atom stereocenters. The monoisotopic (exact) mass is 328 g/mol. The van der Waals surface area contributed by atoms with Gasteiger partial charge in [0.05, 0.1) is 0 Å². The van der Waals surface area contributed by atoms with Gasteiger partial charge in [-0.1, -0.05) is 6.92 Å². The number of ether oxygens (including phenoxy) is 1. The minimum Gasteiger partial charge on any atom is -0.454 e. The first-order valence-electron chi connectivity index (χ1n) is 7.04. The minimum atomic E-state index is -1.09. The number of rotatable bonds is 6. The molecule has 0 bridgehead atoms. The van der Waals surface area contributed by atoms with Crippen LogP contribution < -0.4 is 16.0 Å². The summed E-state index contributed by atoms with van der Waals surface area (Å²) < 4.78 is 4.63. The van der Waals surface area contributed by atoms with Gasteiger partial charge in [-0.15, -0.1) is 0 Å². The van der Waals surface area contributed by atoms with Crippen molar-refractivity contribution in [2.24, 2.45) is 0 Å². The van der Waals surface area contributed by atoms with E-state index in [2.05, 4.69) is 15.4 Å². The smallest absolute Gasteiger partial charge is 0.326 e. The van der Waals surface area contributed by atoms with E-state index in [9.17, 15) is 24.0 Å². The molecule has 3 N–H and O–H groups in total. The van der Waals surface area contributed by atoms with Gasteiger partial charge in [0.1, 0.15) is 12.1 Å². The molecule has 10 nitrogen and oxygen atoms in total. The van der Waals surface area contributed by atoms with Gasteiger partial charge >= 0.3 is 18.0 Å². The molecule has 1 saturated heterocycles. The number of nitrogens with one attached hydrogen (secondary N) is 3. The molecule has 10 heteroatoms. The lowest BCUT2D eigenvalue weighted by Crippen LogP contribution is -2.43. The SMILES string of the molecule is CCCNC(=O)NC(=O)COC(=O)CN1C(=O)NC(C)(C)C1=O. The quantitative estimate of drug-likeness (QED) is 0.427. The normalized spacial score (nSPS) is 15.9. The number of amides is 6. The van der Waals surface area contributed by atoms with Gasteiger partial charge in [-0.05, 0) is 20.3 Å². The zero-order chi connectivity index (χ0) is 17.6. The Balaban J connectivity index is 2.37. The predicted molar refractivity (Wildman–Crippen MR) is 77.1 cm³/mol. The summed E-state index contributed by atoms with van der Waals surface area (Å²) in [5.74, 6) is -2.32. The van der Waals surface area contributed by atoms with Crippen molar-refractivity contribution in [2.45, 2.75) is 32.7 Å². The van der Waals surface area contributed by atoms with Gasteiger partial charge in [-0.25, -0.2) is 9.59 Å². The average Bonchev–Trinajstić information content (AvgIpc) is 2.65. The largest absolute Gasteiger partial charge is 0.454 e. The van der Waals surface area contributed by atoms with E-state index in [0.717, 1.165) is 0 Å². The van der Waals surface area contributed by atoms with Crippen LogP contribution in [-0.4, -0.2) is 60.0 Å². The summed E-state index contributed by atoms with van der Waals surface area (Å²) in [7, 11) is 0. The highest BCUT2D eigenvalue weighted by Gasteiger charge is 2.45. The molecule has 23 heavy (non-hydrogen) atoms. The first-order valence-corrected chi connectivity index (χ1v) is 7.04. The van der Waals surface area contributed by atoms with Crippen LogP contribution in [0, 0.1) is 0 Å². The molecule has 0 radical (unpaired) electrons. The summed E-state index contributed by atoms with van der Waals surface area (Å²) in [5, 5.41) is 6.79. The van der Waals surface area contributed by atoms with E-state index < -0.39 is 48.5 Å². The summed E-state index contributed by atoms with van der Waals surface area (Å²) >= 11 is 0. The fourth-order valence-corrected chi connectivity index (χ4v) is 1.73. The number of esters is 1. The highest BCUT2D eigenvalue weighted by atomic mass is 16.5. The van der Waals surface area contributed by atoms with Crippen molar-refractivity contribution in [2.75, 3.05) is 19.7 Å². The molecule has 0 unspecified atom stereocenters. The third-order valence-electron chi connectivity index (χ3n) is 2.88. The third-order valence-corrected chi connectivity index (χ3v) is 2.88. The Kier molecular flexibility index (Phi) is 6.05. The lowest BCUT2D eigenvalue weighted by Gasteiger charge is -2.15. The fourth-order valence-electron chi connectivity index (χ4n) is 1.73. The molecule has 0 saturated carbocycles. The third kappa shape index (κ3) is 5.24. The highest BCUT2D eigenvalue weighted by Crippen LogP contribution is 2.16. The maximum Gasteiger partial charge on any atom is 0.326 e. The number of carbonyl (C=O) groups is 5. The second-order valence-corrected chi connectivity index (χ2v) is 5.41. The van der Waals surface area contributed by atoms with Crippen molar-refractivity contribution >= 4 is 29.8 Å². The van der Waals surface area contributed by atoms with Gasteiger partial charge in [0.15, 0.2) is 6.61 Å². The molecule has 6 amide bonds. The molecule has 1 heterocycles. The van der Waals surface area contributed by atoms with Crippen molar-refractivity contribution in [3.63, 3.8) is 0 Å². The van der Waals surface area contributed by atoms with Gasteiger partial charge in [0.25, 0.3) is 11.8 Å². The average molecular weight is 328 g/mol. The van der Waals surface area contributed by atoms with Crippen molar-refractivity contribution in [1.82, 2.24) is 20.9 Å². The Hall–Kier alpha value is -2.65. The van der Waals surface area contributed by atoms with Gasteiger partial charge in [-0.2, -0.15) is 0 Å². The fraction of sp³-hybridized carbons (Fsp3) is 0.615. The van der Waals surface area contributed by atoms with E-state index in [1.807, 2.05) is 12.2 Å². The Bertz CT molecular complexity index is 531. The molecule has 0 aromatic carbocycles. The van der Waals surface area contributed by atoms with E-state index >= 15 is 0 Å². The first-order chi connectivity index (χ1) is 10.7. The molecule has 1 aliphatic heterocycles. The Morgan fingerprint density at radius 2 is 1.91 bits per heavy atom. The van der Waals surface area contributed by atoms with Crippen LogP contribution in [0.5, 0.6) is 0 Å². The summed E-state index contributed by atoms with van der Waals surface area (Å²) in [6.45, 7) is 3.96. The molecule has 0 spiro atoms. The lowest BCUT2D eigenvalue weighted by molar-refractivity contribution is -0.150. The van der Waals surface area contributed by atoms with Gasteiger partial charge in [0.2, 0.25) is 0 Å². The number of hydrogen-bond donors (Lipinski definition) is 3. The van der Waals surface area contributed by atoms with Crippen LogP contribution in [0.2, 0.25) is 0 Å². The van der Waals surface area contributed by atoms with E-state index in [1.54, 1.807) is 0 Å². The summed E-state index contributed by atoms with van der Waals surface area (Å²) in [6.07, 6.45) is 0.707. The van der Waals surface area contributed by atoms with Crippen LogP contribution in [0.4, 0.5) is 9.59 Å². The number of imide groups is 2. The molecule has 1 rings (SSSR count). The lowest BCUT2D eigenvalue weighted by atomic mass is 10.1. The molecular weight excluding hydrogens is 308 g/mol. The molecule has 1 fully saturated rings. The number of urea groups is 2. The topological polar surface area (TPSA) is 134 Å². The summed E-state index contributed by atoms with van der Waals surface area (Å²) in [6, 6.07) is -1.40. The molecule has 0 aromatic heterocycles. The van der Waals surface area contributed by atoms with E-state index in [1.165, 1.54) is 13.8 Å². The molecule has 0 aliphatic carbocycles. The van der Waals surface area contributed by atoms with Crippen LogP contribution >= 0.6 is 0 Å². The zero-order valence-electron chi connectivity index (χ0n) is 13.2. The van der Waals surface area contributed by atoms with E-state index in [4.69, 9.17) is 0 Å². The molecule has 0 aromatic rings. The van der Waals surface area contributed by atoms with Crippen LogP contribution in [-0.2, 0) is 19.1 Å². The molecule has 128 valence electrons. The summed E-state index contributed by atoms with van der Waals surface area (Å²) in [5.41, 5.74) is -1.09. The summed E-state index contributed by atoms with van der Waals surface area (Å²) in [4.78, 5) is 58.3. The van der Waals surface area contributed by atoms with Crippen molar-refractivity contribution in [1.29, 1.82) is 0 Å². The van der Waals surface area contributed by atoms with Crippen LogP contribution in [0.25, 0.3) is 0 Å². The predicted octanol–water partition coefficient (Wildman–Crippen LogP) is -0.904. The maximum absolute atomic E-state index is 11.9. The second-order valence-electron chi connectivity index (χ2n) is 5.41. The highest BCUT2D eigenvalue weighted by molar-refractivity contribution is 6.08. The maximum atomic E-state index is 11.9. The van der Waals surface area contributed by atoms with E-state index in [0.29, 0.717) is 17.9 Å². The van der Waals surface area contributed by atoms with Crippen molar-refractivity contribution < 1.29 is 28.7 Å². The van der Waals surface area contributed by atoms with E-state index in [-0.39, 0.29) is 0 Å². The van der Waals surface area contributed by atoms with Crippen LogP contribution in [0.15, 0.2) is 0 Å². The molecular formula is C13H20N4O6. The van der Waals surface area contributed by atoms with Gasteiger partial charge < -0.3 is 15.4 Å². The van der Waals surface area contributed by atoms with Gasteiger partial charge in [0, 0.05) is 6.54 Å².